The van der Waals surface area contributed by atoms with Crippen molar-refractivity contribution in [2.75, 3.05) is 11.6 Å². The molecule has 110 valence electrons. The number of carboxylic acids is 1. The summed E-state index contributed by atoms with van der Waals surface area (Å²) < 4.78 is 1.76. The van der Waals surface area contributed by atoms with Crippen molar-refractivity contribution in [3.05, 3.63) is 46.2 Å². The topological polar surface area (TPSA) is 88.6 Å². The van der Waals surface area contributed by atoms with E-state index in [0.29, 0.717) is 17.4 Å². The number of aromatic carboxylic acids is 1. The van der Waals surface area contributed by atoms with Gasteiger partial charge in [0.05, 0.1) is 5.52 Å². The maximum absolute atomic E-state index is 12.2. The van der Waals surface area contributed by atoms with Crippen LogP contribution in [0.2, 0.25) is 0 Å². The van der Waals surface area contributed by atoms with E-state index in [1.165, 1.54) is 6.20 Å². The van der Waals surface area contributed by atoms with Crippen molar-refractivity contribution >= 4 is 16.9 Å². The Hall–Kier alpha value is -2.34. The molecule has 0 radical (unpaired) electrons. The molecule has 2 atom stereocenters. The lowest BCUT2D eigenvalue weighted by molar-refractivity contribution is 0.0695. The van der Waals surface area contributed by atoms with E-state index >= 15 is 0 Å². The predicted octanol–water partition coefficient (Wildman–Crippen LogP) is 0.757. The summed E-state index contributed by atoms with van der Waals surface area (Å²) >= 11 is 0. The van der Waals surface area contributed by atoms with Crippen molar-refractivity contribution in [3.63, 3.8) is 0 Å². The summed E-state index contributed by atoms with van der Waals surface area (Å²) in [5.41, 5.74) is 6.02. The number of benzene rings is 1. The van der Waals surface area contributed by atoms with Gasteiger partial charge in [0.1, 0.15) is 5.56 Å². The lowest BCUT2D eigenvalue weighted by atomic mass is 10.1. The van der Waals surface area contributed by atoms with E-state index < -0.39 is 11.4 Å². The second-order valence-electron chi connectivity index (χ2n) is 5.51. The molecule has 21 heavy (non-hydrogen) atoms. The lowest BCUT2D eigenvalue weighted by Crippen LogP contribution is -2.40. The Kier molecular flexibility index (Phi) is 3.17. The van der Waals surface area contributed by atoms with E-state index in [-0.39, 0.29) is 17.6 Å². The average molecular weight is 287 g/mol. The number of carbonyl (C=O) groups is 1. The fraction of sp³-hybridized carbons (Fsp3) is 0.333. The fourth-order valence-electron chi connectivity index (χ4n) is 2.98. The van der Waals surface area contributed by atoms with Crippen molar-refractivity contribution in [2.24, 2.45) is 5.73 Å². The van der Waals surface area contributed by atoms with Gasteiger partial charge in [0.15, 0.2) is 0 Å². The van der Waals surface area contributed by atoms with Gasteiger partial charge >= 0.3 is 5.97 Å². The highest BCUT2D eigenvalue weighted by atomic mass is 16.4. The molecule has 3 N–H and O–H groups in total. The molecule has 1 aromatic heterocycles. The lowest BCUT2D eigenvalue weighted by Gasteiger charge is -2.28. The quantitative estimate of drug-likeness (QED) is 0.851. The fourth-order valence-corrected chi connectivity index (χ4v) is 2.98. The summed E-state index contributed by atoms with van der Waals surface area (Å²) in [5, 5.41) is 11.7. The van der Waals surface area contributed by atoms with Crippen LogP contribution in [-0.2, 0) is 0 Å². The zero-order valence-corrected chi connectivity index (χ0v) is 11.7. The predicted molar refractivity (Wildman–Crippen MR) is 80.3 cm³/mol. The molecule has 0 spiro atoms. The zero-order chi connectivity index (χ0) is 15.1. The maximum atomic E-state index is 12.2. The van der Waals surface area contributed by atoms with Crippen molar-refractivity contribution in [3.8, 4) is 0 Å². The van der Waals surface area contributed by atoms with Crippen LogP contribution in [-0.4, -0.2) is 34.4 Å². The minimum absolute atomic E-state index is 0.0477. The highest BCUT2D eigenvalue weighted by molar-refractivity contribution is 5.92. The Labute approximate surface area is 121 Å². The van der Waals surface area contributed by atoms with Gasteiger partial charge in [-0.05, 0) is 25.5 Å². The van der Waals surface area contributed by atoms with E-state index in [2.05, 4.69) is 0 Å². The Morgan fingerprint density at radius 3 is 2.71 bits per heavy atom. The van der Waals surface area contributed by atoms with Gasteiger partial charge < -0.3 is 15.8 Å². The van der Waals surface area contributed by atoms with E-state index in [0.717, 1.165) is 6.42 Å². The van der Waals surface area contributed by atoms with E-state index in [1.807, 2.05) is 24.1 Å². The summed E-state index contributed by atoms with van der Waals surface area (Å²) in [6, 6.07) is 7.28. The molecule has 1 aliphatic heterocycles. The third-order valence-corrected chi connectivity index (χ3v) is 3.97. The second kappa shape index (κ2) is 4.89. The zero-order valence-electron chi connectivity index (χ0n) is 11.7. The van der Waals surface area contributed by atoms with Crippen LogP contribution in [0.3, 0.4) is 0 Å². The summed E-state index contributed by atoms with van der Waals surface area (Å²) in [4.78, 5) is 23.6. The standard InChI is InChI=1S/C15H17N3O3/c1-9-6-10(16)7-17(9)18-8-12(15(20)21)14(19)11-4-2-3-5-13(11)18/h2-5,8-10H,6-7,16H2,1H3,(H,20,21). The first-order valence-electron chi connectivity index (χ1n) is 6.89. The number of hydrogen-bond acceptors (Lipinski definition) is 4. The van der Waals surface area contributed by atoms with Gasteiger partial charge in [0.25, 0.3) is 0 Å². The molecule has 0 aliphatic carbocycles. The summed E-state index contributed by atoms with van der Waals surface area (Å²) in [6.45, 7) is 2.67. The molecule has 2 heterocycles. The number of para-hydroxylation sites is 1. The Morgan fingerprint density at radius 2 is 2.10 bits per heavy atom. The third-order valence-electron chi connectivity index (χ3n) is 3.97. The Morgan fingerprint density at radius 1 is 1.38 bits per heavy atom. The minimum Gasteiger partial charge on any atom is -0.477 e. The number of nitrogens with zero attached hydrogens (tertiary/aromatic N) is 2. The molecule has 6 nitrogen and oxygen atoms in total. The van der Waals surface area contributed by atoms with Crippen LogP contribution in [0.4, 0.5) is 0 Å². The smallest absolute Gasteiger partial charge is 0.341 e. The number of pyridine rings is 1. The first-order valence-corrected chi connectivity index (χ1v) is 6.89. The molecule has 1 aliphatic rings. The van der Waals surface area contributed by atoms with Crippen molar-refractivity contribution in [1.29, 1.82) is 0 Å². The molecule has 1 fully saturated rings. The molecule has 0 amide bonds. The number of rotatable bonds is 2. The minimum atomic E-state index is -1.21. The van der Waals surface area contributed by atoms with E-state index in [1.54, 1.807) is 16.8 Å². The number of aromatic nitrogens is 1. The molecular formula is C15H17N3O3. The number of carboxylic acid groups (broad SMARTS) is 1. The van der Waals surface area contributed by atoms with Gasteiger partial charge in [-0.25, -0.2) is 4.79 Å². The van der Waals surface area contributed by atoms with Crippen LogP contribution in [0, 0.1) is 0 Å². The van der Waals surface area contributed by atoms with Gasteiger partial charge in [-0.3, -0.25) is 9.47 Å². The first-order chi connectivity index (χ1) is 9.99. The molecular weight excluding hydrogens is 270 g/mol. The molecule has 1 saturated heterocycles. The molecule has 2 aromatic rings. The third kappa shape index (κ3) is 2.17. The second-order valence-corrected chi connectivity index (χ2v) is 5.51. The number of nitrogens with two attached hydrogens (primary N) is 1. The van der Waals surface area contributed by atoms with Crippen LogP contribution < -0.4 is 16.2 Å². The van der Waals surface area contributed by atoms with E-state index in [9.17, 15) is 14.7 Å². The maximum Gasteiger partial charge on any atom is 0.341 e. The van der Waals surface area contributed by atoms with Crippen LogP contribution >= 0.6 is 0 Å². The van der Waals surface area contributed by atoms with E-state index in [4.69, 9.17) is 5.73 Å². The SMILES string of the molecule is CC1CC(N)CN1n1cc(C(=O)O)c(=O)c2ccccc21. The van der Waals surface area contributed by atoms with Crippen molar-refractivity contribution in [1.82, 2.24) is 4.68 Å². The molecule has 0 bridgehead atoms. The molecule has 0 saturated carbocycles. The van der Waals surface area contributed by atoms with Crippen molar-refractivity contribution < 1.29 is 9.90 Å². The molecule has 1 aromatic carbocycles. The van der Waals surface area contributed by atoms with Gasteiger partial charge in [-0.15, -0.1) is 0 Å². The largest absolute Gasteiger partial charge is 0.477 e. The van der Waals surface area contributed by atoms with Crippen LogP contribution in [0.25, 0.3) is 10.9 Å². The van der Waals surface area contributed by atoms with Crippen molar-refractivity contribution in [2.45, 2.75) is 25.4 Å². The highest BCUT2D eigenvalue weighted by Gasteiger charge is 2.28. The van der Waals surface area contributed by atoms with Gasteiger partial charge in [0, 0.05) is 30.2 Å². The molecule has 6 heteroatoms. The van der Waals surface area contributed by atoms with Crippen LogP contribution in [0.15, 0.2) is 35.3 Å². The highest BCUT2D eigenvalue weighted by Crippen LogP contribution is 2.19. The summed E-state index contributed by atoms with van der Waals surface area (Å²) in [5.74, 6) is -1.21. The first kappa shape index (κ1) is 13.6. The van der Waals surface area contributed by atoms with Gasteiger partial charge in [-0.1, -0.05) is 12.1 Å². The van der Waals surface area contributed by atoms with Crippen LogP contribution in [0.1, 0.15) is 23.7 Å². The Bertz CT molecular complexity index is 768. The monoisotopic (exact) mass is 287 g/mol. The van der Waals surface area contributed by atoms with Crippen LogP contribution in [0.5, 0.6) is 0 Å². The summed E-state index contributed by atoms with van der Waals surface area (Å²) in [7, 11) is 0. The number of fused-ring (bicyclic) bond motifs is 1. The normalized spacial score (nSPS) is 21.9. The van der Waals surface area contributed by atoms with Gasteiger partial charge in [-0.2, -0.15) is 0 Å². The summed E-state index contributed by atoms with van der Waals surface area (Å²) in [6.07, 6.45) is 2.24. The molecule has 2 unspecified atom stereocenters. The average Bonchev–Trinajstić information content (AvgIpc) is 2.78. The Balaban J connectivity index is 2.29. The van der Waals surface area contributed by atoms with Gasteiger partial charge in [0.2, 0.25) is 5.43 Å². The molecule has 3 rings (SSSR count). The number of hydrogen-bond donors (Lipinski definition) is 2.